The van der Waals surface area contributed by atoms with Gasteiger partial charge in [0.15, 0.2) is 18.2 Å². The Morgan fingerprint density at radius 2 is 1.93 bits per heavy atom. The van der Waals surface area contributed by atoms with Gasteiger partial charge in [-0.25, -0.2) is 4.39 Å². The monoisotopic (exact) mass is 224 g/mol. The number of rotatable bonds is 3. The van der Waals surface area contributed by atoms with Crippen LogP contribution in [0.25, 0.3) is 0 Å². The summed E-state index contributed by atoms with van der Waals surface area (Å²) >= 11 is 0. The molecule has 0 bridgehead atoms. The molecule has 0 saturated carbocycles. The number of benzene rings is 1. The SMILES string of the molecule is OCc1cccc(OCC(F)(F)F)c1F. The maximum absolute atomic E-state index is 13.2. The lowest BCUT2D eigenvalue weighted by Gasteiger charge is -2.10. The van der Waals surface area contributed by atoms with Gasteiger partial charge in [0.25, 0.3) is 0 Å². The number of ether oxygens (including phenoxy) is 1. The number of alkyl halides is 3. The van der Waals surface area contributed by atoms with Gasteiger partial charge in [0, 0.05) is 5.56 Å². The van der Waals surface area contributed by atoms with Crippen LogP contribution in [0.15, 0.2) is 18.2 Å². The highest BCUT2D eigenvalue weighted by atomic mass is 19.4. The quantitative estimate of drug-likeness (QED) is 0.798. The summed E-state index contributed by atoms with van der Waals surface area (Å²) < 4.78 is 52.7. The summed E-state index contributed by atoms with van der Waals surface area (Å²) in [6.07, 6.45) is -4.51. The molecule has 6 heteroatoms. The van der Waals surface area contributed by atoms with Gasteiger partial charge in [-0.3, -0.25) is 0 Å². The van der Waals surface area contributed by atoms with Crippen molar-refractivity contribution in [3.63, 3.8) is 0 Å². The standard InChI is InChI=1S/C9H8F4O2/c10-8-6(4-14)2-1-3-7(8)15-5-9(11,12)13/h1-3,14H,4-5H2. The lowest BCUT2D eigenvalue weighted by molar-refractivity contribution is -0.153. The summed E-state index contributed by atoms with van der Waals surface area (Å²) in [6.45, 7) is -2.14. The minimum absolute atomic E-state index is 0.102. The average molecular weight is 224 g/mol. The Bertz CT molecular complexity index is 335. The lowest BCUT2D eigenvalue weighted by atomic mass is 10.2. The van der Waals surface area contributed by atoms with E-state index < -0.39 is 31.0 Å². The third-order valence-electron chi connectivity index (χ3n) is 1.60. The minimum atomic E-state index is -4.51. The van der Waals surface area contributed by atoms with Crippen LogP contribution in [0.5, 0.6) is 5.75 Å². The van der Waals surface area contributed by atoms with Crippen molar-refractivity contribution in [2.45, 2.75) is 12.8 Å². The van der Waals surface area contributed by atoms with Crippen LogP contribution in [0.3, 0.4) is 0 Å². The molecular formula is C9H8F4O2. The van der Waals surface area contributed by atoms with E-state index in [0.717, 1.165) is 6.07 Å². The Labute approximate surface area is 83.1 Å². The number of hydrogen-bond donors (Lipinski definition) is 1. The van der Waals surface area contributed by atoms with Crippen molar-refractivity contribution in [3.05, 3.63) is 29.6 Å². The Balaban J connectivity index is 2.78. The highest BCUT2D eigenvalue weighted by molar-refractivity contribution is 5.30. The highest BCUT2D eigenvalue weighted by Crippen LogP contribution is 2.23. The fraction of sp³-hybridized carbons (Fsp3) is 0.333. The summed E-state index contributed by atoms with van der Waals surface area (Å²) in [6, 6.07) is 3.64. The molecule has 0 amide bonds. The molecule has 84 valence electrons. The zero-order valence-electron chi connectivity index (χ0n) is 7.51. The van der Waals surface area contributed by atoms with Gasteiger partial charge in [-0.05, 0) is 6.07 Å². The van der Waals surface area contributed by atoms with Crippen molar-refractivity contribution < 1.29 is 27.4 Å². The number of aliphatic hydroxyl groups is 1. The van der Waals surface area contributed by atoms with Crippen LogP contribution in [-0.4, -0.2) is 17.9 Å². The summed E-state index contributed by atoms with van der Waals surface area (Å²) in [5.74, 6) is -1.48. The molecule has 0 saturated heterocycles. The van der Waals surface area contributed by atoms with Crippen LogP contribution < -0.4 is 4.74 Å². The Morgan fingerprint density at radius 1 is 1.27 bits per heavy atom. The van der Waals surface area contributed by atoms with Crippen molar-refractivity contribution in [1.29, 1.82) is 0 Å². The first-order valence-corrected chi connectivity index (χ1v) is 4.02. The van der Waals surface area contributed by atoms with E-state index in [1.165, 1.54) is 12.1 Å². The summed E-state index contributed by atoms with van der Waals surface area (Å²) in [7, 11) is 0. The molecule has 1 aromatic rings. The molecule has 0 atom stereocenters. The molecule has 0 aliphatic rings. The molecule has 0 unspecified atom stereocenters. The maximum atomic E-state index is 13.2. The van der Waals surface area contributed by atoms with Gasteiger partial charge in [-0.2, -0.15) is 13.2 Å². The predicted octanol–water partition coefficient (Wildman–Crippen LogP) is 2.26. The van der Waals surface area contributed by atoms with E-state index in [9.17, 15) is 17.6 Å². The summed E-state index contributed by atoms with van der Waals surface area (Å²) in [5.41, 5.74) is -0.102. The normalized spacial score (nSPS) is 11.5. The first kappa shape index (κ1) is 11.8. The molecule has 0 aromatic heterocycles. The van der Waals surface area contributed by atoms with E-state index >= 15 is 0 Å². The van der Waals surface area contributed by atoms with Gasteiger partial charge in [0.1, 0.15) is 0 Å². The molecule has 0 fully saturated rings. The van der Waals surface area contributed by atoms with E-state index in [2.05, 4.69) is 4.74 Å². The number of halogens is 4. The van der Waals surface area contributed by atoms with Crippen LogP contribution in [0.2, 0.25) is 0 Å². The molecule has 0 aliphatic heterocycles. The predicted molar refractivity (Wildman–Crippen MR) is 43.9 cm³/mol. The van der Waals surface area contributed by atoms with Crippen LogP contribution >= 0.6 is 0 Å². The second-order valence-corrected chi connectivity index (χ2v) is 2.79. The van der Waals surface area contributed by atoms with Crippen LogP contribution in [-0.2, 0) is 6.61 Å². The Morgan fingerprint density at radius 3 is 2.47 bits per heavy atom. The van der Waals surface area contributed by atoms with Crippen LogP contribution in [0.1, 0.15) is 5.56 Å². The van der Waals surface area contributed by atoms with E-state index in [1.54, 1.807) is 0 Å². The third-order valence-corrected chi connectivity index (χ3v) is 1.60. The van der Waals surface area contributed by atoms with Gasteiger partial charge >= 0.3 is 6.18 Å². The Kier molecular flexibility index (Phi) is 3.52. The molecule has 0 spiro atoms. The van der Waals surface area contributed by atoms with E-state index in [4.69, 9.17) is 5.11 Å². The van der Waals surface area contributed by atoms with Gasteiger partial charge < -0.3 is 9.84 Å². The first-order chi connectivity index (χ1) is 6.94. The largest absolute Gasteiger partial charge is 0.481 e. The molecule has 15 heavy (non-hydrogen) atoms. The van der Waals surface area contributed by atoms with Crippen molar-refractivity contribution in [1.82, 2.24) is 0 Å². The van der Waals surface area contributed by atoms with Gasteiger partial charge in [0.05, 0.1) is 6.61 Å². The highest BCUT2D eigenvalue weighted by Gasteiger charge is 2.29. The Hall–Kier alpha value is -1.30. The van der Waals surface area contributed by atoms with Crippen molar-refractivity contribution >= 4 is 0 Å². The summed E-state index contributed by atoms with van der Waals surface area (Å²) in [5, 5.41) is 8.65. The zero-order valence-corrected chi connectivity index (χ0v) is 7.51. The van der Waals surface area contributed by atoms with Gasteiger partial charge in [0.2, 0.25) is 0 Å². The summed E-state index contributed by atoms with van der Waals surface area (Å²) in [4.78, 5) is 0. The maximum Gasteiger partial charge on any atom is 0.422 e. The zero-order chi connectivity index (χ0) is 11.5. The topological polar surface area (TPSA) is 29.5 Å². The smallest absolute Gasteiger partial charge is 0.422 e. The second-order valence-electron chi connectivity index (χ2n) is 2.79. The first-order valence-electron chi connectivity index (χ1n) is 4.02. The molecular weight excluding hydrogens is 216 g/mol. The fourth-order valence-corrected chi connectivity index (χ4v) is 0.949. The number of hydrogen-bond acceptors (Lipinski definition) is 2. The van der Waals surface area contributed by atoms with Crippen LogP contribution in [0.4, 0.5) is 17.6 Å². The average Bonchev–Trinajstić information content (AvgIpc) is 2.15. The van der Waals surface area contributed by atoms with Crippen molar-refractivity contribution in [2.75, 3.05) is 6.61 Å². The molecule has 0 heterocycles. The van der Waals surface area contributed by atoms with E-state index in [-0.39, 0.29) is 5.56 Å². The second kappa shape index (κ2) is 4.48. The molecule has 1 rings (SSSR count). The lowest BCUT2D eigenvalue weighted by Crippen LogP contribution is -2.19. The number of aliphatic hydroxyl groups excluding tert-OH is 1. The third kappa shape index (κ3) is 3.39. The molecule has 0 radical (unpaired) electrons. The van der Waals surface area contributed by atoms with Gasteiger partial charge in [-0.1, -0.05) is 12.1 Å². The van der Waals surface area contributed by atoms with E-state index in [0.29, 0.717) is 0 Å². The minimum Gasteiger partial charge on any atom is -0.481 e. The molecule has 1 aromatic carbocycles. The molecule has 2 nitrogen and oxygen atoms in total. The fourth-order valence-electron chi connectivity index (χ4n) is 0.949. The van der Waals surface area contributed by atoms with Gasteiger partial charge in [-0.15, -0.1) is 0 Å². The van der Waals surface area contributed by atoms with Crippen molar-refractivity contribution in [3.8, 4) is 5.75 Å². The van der Waals surface area contributed by atoms with E-state index in [1.807, 2.05) is 0 Å². The molecule has 0 aliphatic carbocycles. The molecule has 1 N–H and O–H groups in total. The van der Waals surface area contributed by atoms with Crippen LogP contribution in [0, 0.1) is 5.82 Å². The van der Waals surface area contributed by atoms with Crippen molar-refractivity contribution in [2.24, 2.45) is 0 Å².